The Kier molecular flexibility index (Phi) is 6.79. The number of hydrogen-bond acceptors (Lipinski definition) is 3. The first-order chi connectivity index (χ1) is 13.5. The van der Waals surface area contributed by atoms with Crippen LogP contribution in [0.4, 0.5) is 0 Å². The van der Waals surface area contributed by atoms with Crippen LogP contribution in [0.2, 0.25) is 0 Å². The van der Waals surface area contributed by atoms with Gasteiger partial charge in [0.1, 0.15) is 6.61 Å². The average Bonchev–Trinajstić information content (AvgIpc) is 2.74. The first-order valence-electron chi connectivity index (χ1n) is 9.07. The Balaban J connectivity index is 1.91. The summed E-state index contributed by atoms with van der Waals surface area (Å²) in [5, 5.41) is 0. The van der Waals surface area contributed by atoms with Gasteiger partial charge in [-0.1, -0.05) is 56.3 Å². The highest BCUT2D eigenvalue weighted by Gasteiger charge is 2.28. The molecule has 0 aliphatic heterocycles. The zero-order chi connectivity index (χ0) is 20.0. The van der Waals surface area contributed by atoms with E-state index in [1.165, 1.54) is 0 Å². The highest BCUT2D eigenvalue weighted by molar-refractivity contribution is 8.51. The molecule has 0 heterocycles. The topological polar surface area (TPSA) is 29.5 Å². The summed E-state index contributed by atoms with van der Waals surface area (Å²) >= 11 is 0. The van der Waals surface area contributed by atoms with Gasteiger partial charge in [0.2, 0.25) is 0 Å². The quantitative estimate of drug-likeness (QED) is 0.455. The Bertz CT molecular complexity index is 859. The van der Waals surface area contributed by atoms with Gasteiger partial charge in [-0.15, -0.1) is 0 Å². The average molecular weight is 414 g/mol. The van der Waals surface area contributed by atoms with Crippen LogP contribution >= 0.6 is 19.9 Å². The molecule has 0 fully saturated rings. The molecule has 0 unspecified atom stereocenters. The second kappa shape index (κ2) is 9.28. The van der Waals surface area contributed by atoms with Crippen molar-refractivity contribution in [1.82, 2.24) is 4.90 Å². The van der Waals surface area contributed by atoms with Gasteiger partial charge < -0.3 is 9.64 Å². The predicted molar refractivity (Wildman–Crippen MR) is 116 cm³/mol. The highest BCUT2D eigenvalue weighted by atomic mass is 35.7. The van der Waals surface area contributed by atoms with Crippen LogP contribution in [0.25, 0.3) is 0 Å². The molecule has 0 radical (unpaired) electrons. The van der Waals surface area contributed by atoms with Crippen LogP contribution in [-0.4, -0.2) is 38.1 Å². The van der Waals surface area contributed by atoms with Gasteiger partial charge in [-0.25, -0.2) is 4.79 Å². The van der Waals surface area contributed by atoms with Crippen LogP contribution in [0.5, 0.6) is 0 Å². The molecule has 3 aromatic rings. The molecular formula is C23H24ClNO2S. The van der Waals surface area contributed by atoms with Crippen molar-refractivity contribution in [2.24, 2.45) is 0 Å². The summed E-state index contributed by atoms with van der Waals surface area (Å²) in [4.78, 5) is 17.3. The second-order valence-electron chi connectivity index (χ2n) is 6.63. The summed E-state index contributed by atoms with van der Waals surface area (Å²) < 4.78 is 5.33. The van der Waals surface area contributed by atoms with Crippen molar-refractivity contribution in [3.05, 3.63) is 90.5 Å². The van der Waals surface area contributed by atoms with Crippen LogP contribution in [-0.2, 0) is 4.74 Å². The first-order valence-corrected chi connectivity index (χ1v) is 11.5. The lowest BCUT2D eigenvalue weighted by atomic mass is 10.2. The maximum Gasteiger partial charge on any atom is 0.338 e. The molecule has 3 rings (SSSR count). The summed E-state index contributed by atoms with van der Waals surface area (Å²) in [5.74, 6) is -0.317. The fourth-order valence-electron chi connectivity index (χ4n) is 2.81. The largest absolute Gasteiger partial charge is 0.461 e. The van der Waals surface area contributed by atoms with Gasteiger partial charge in [-0.2, -0.15) is 0 Å². The predicted octanol–water partition coefficient (Wildman–Crippen LogP) is 5.84. The van der Waals surface area contributed by atoms with Gasteiger partial charge >= 0.3 is 5.97 Å². The molecule has 0 aromatic heterocycles. The lowest BCUT2D eigenvalue weighted by molar-refractivity contribution is 0.0482. The Morgan fingerprint density at radius 3 is 1.75 bits per heavy atom. The molecule has 0 N–H and O–H groups in total. The molecular weight excluding hydrogens is 390 g/mol. The van der Waals surface area contributed by atoms with Crippen molar-refractivity contribution in [3.8, 4) is 0 Å². The van der Waals surface area contributed by atoms with Gasteiger partial charge in [0.25, 0.3) is 0 Å². The fourth-order valence-corrected chi connectivity index (χ4v) is 6.12. The molecule has 0 aliphatic carbocycles. The van der Waals surface area contributed by atoms with Gasteiger partial charge in [-0.3, -0.25) is 0 Å². The number of esters is 1. The Hall–Kier alpha value is -2.27. The molecule has 0 atom stereocenters. The van der Waals surface area contributed by atoms with E-state index in [9.17, 15) is 4.79 Å². The van der Waals surface area contributed by atoms with E-state index in [2.05, 4.69) is 24.3 Å². The summed E-state index contributed by atoms with van der Waals surface area (Å²) in [6.07, 6.45) is 0. The van der Waals surface area contributed by atoms with Crippen LogP contribution < -0.4 is 0 Å². The third-order valence-electron chi connectivity index (χ3n) is 4.32. The molecule has 0 bridgehead atoms. The van der Waals surface area contributed by atoms with E-state index in [1.54, 1.807) is 12.1 Å². The molecule has 3 nitrogen and oxygen atoms in total. The number of nitrogens with zero attached hydrogens (tertiary/aromatic N) is 1. The number of carbonyl (C=O) groups is 1. The minimum Gasteiger partial charge on any atom is -0.461 e. The number of rotatable bonds is 7. The lowest BCUT2D eigenvalue weighted by Gasteiger charge is -2.34. The first kappa shape index (κ1) is 20.5. The fraction of sp³-hybridized carbons (Fsp3) is 0.174. The van der Waals surface area contributed by atoms with E-state index in [1.807, 2.05) is 67.5 Å². The highest BCUT2D eigenvalue weighted by Crippen LogP contribution is 2.72. The van der Waals surface area contributed by atoms with E-state index in [4.69, 9.17) is 15.4 Å². The molecule has 28 heavy (non-hydrogen) atoms. The number of carbonyl (C=O) groups excluding carboxylic acids is 1. The smallest absolute Gasteiger partial charge is 0.338 e. The summed E-state index contributed by atoms with van der Waals surface area (Å²) in [6.45, 7) is 1.06. The number of likely N-dealkylation sites (N-methyl/N-ethyl adjacent to an activating group) is 1. The van der Waals surface area contributed by atoms with Gasteiger partial charge in [-0.05, 0) is 62.6 Å². The van der Waals surface area contributed by atoms with Crippen LogP contribution in [0.1, 0.15) is 10.4 Å². The standard InChI is InChI=1S/C23H24ClNO2S/c1-25(2)17-18-27-23(26)19-13-15-22(16-14-19)28(24,20-9-5-3-6-10-20)21-11-7-4-8-12-21/h3-16H,17-18H2,1-2H3. The van der Waals surface area contributed by atoms with Crippen LogP contribution in [0, 0.1) is 0 Å². The summed E-state index contributed by atoms with van der Waals surface area (Å²) in [7, 11) is 9.28. The van der Waals surface area contributed by atoms with Crippen molar-refractivity contribution in [3.63, 3.8) is 0 Å². The number of ether oxygens (including phenoxy) is 1. The second-order valence-corrected chi connectivity index (χ2v) is 10.5. The minimum absolute atomic E-state index is 0.317. The SMILES string of the molecule is CN(C)CCOC(=O)c1ccc(S(Cl)(c2ccccc2)c2ccccc2)cc1. The lowest BCUT2D eigenvalue weighted by Crippen LogP contribution is -2.20. The normalized spacial score (nSPS) is 12.0. The summed E-state index contributed by atoms with van der Waals surface area (Å²) in [6, 6.07) is 27.6. The maximum absolute atomic E-state index is 12.3. The molecule has 146 valence electrons. The monoisotopic (exact) mass is 413 g/mol. The Labute approximate surface area is 172 Å². The third kappa shape index (κ3) is 4.58. The number of hydrogen-bond donors (Lipinski definition) is 0. The molecule has 3 aromatic carbocycles. The van der Waals surface area contributed by atoms with E-state index in [0.29, 0.717) is 18.7 Å². The Morgan fingerprint density at radius 1 is 0.821 bits per heavy atom. The van der Waals surface area contributed by atoms with Crippen LogP contribution in [0.15, 0.2) is 99.6 Å². The molecule has 5 heteroatoms. The number of benzene rings is 3. The van der Waals surface area contributed by atoms with Crippen molar-refractivity contribution >= 4 is 25.9 Å². The molecule has 0 aliphatic rings. The van der Waals surface area contributed by atoms with E-state index in [-0.39, 0.29) is 5.97 Å². The zero-order valence-corrected chi connectivity index (χ0v) is 17.6. The van der Waals surface area contributed by atoms with Crippen LogP contribution in [0.3, 0.4) is 0 Å². The molecule has 0 spiro atoms. The maximum atomic E-state index is 12.3. The third-order valence-corrected chi connectivity index (χ3v) is 8.69. The summed E-state index contributed by atoms with van der Waals surface area (Å²) in [5.41, 5.74) is 0.530. The van der Waals surface area contributed by atoms with E-state index < -0.39 is 9.24 Å². The van der Waals surface area contributed by atoms with Gasteiger partial charge in [0, 0.05) is 21.2 Å². The minimum atomic E-state index is -1.93. The van der Waals surface area contributed by atoms with Crippen molar-refractivity contribution in [2.75, 3.05) is 27.2 Å². The molecule has 0 amide bonds. The molecule has 0 saturated carbocycles. The van der Waals surface area contributed by atoms with Crippen molar-refractivity contribution in [1.29, 1.82) is 0 Å². The van der Waals surface area contributed by atoms with Crippen molar-refractivity contribution in [2.45, 2.75) is 14.7 Å². The van der Waals surface area contributed by atoms with Gasteiger partial charge in [0.05, 0.1) is 5.56 Å². The van der Waals surface area contributed by atoms with Gasteiger partial charge in [0.15, 0.2) is 0 Å². The zero-order valence-electron chi connectivity index (χ0n) is 16.0. The van der Waals surface area contributed by atoms with E-state index in [0.717, 1.165) is 14.7 Å². The number of halogens is 1. The Morgan fingerprint density at radius 2 is 1.29 bits per heavy atom. The van der Waals surface area contributed by atoms with Crippen molar-refractivity contribution < 1.29 is 9.53 Å². The molecule has 0 saturated heterocycles. The van der Waals surface area contributed by atoms with E-state index >= 15 is 0 Å².